The van der Waals surface area contributed by atoms with Crippen molar-refractivity contribution >= 4 is 10.9 Å². The Hall–Kier alpha value is -1.48. The van der Waals surface area contributed by atoms with E-state index in [0.717, 1.165) is 28.7 Å². The molecule has 0 atom stereocenters. The molecule has 0 saturated heterocycles. The summed E-state index contributed by atoms with van der Waals surface area (Å²) in [5.41, 5.74) is 2.94. The van der Waals surface area contributed by atoms with Crippen LogP contribution in [0.4, 0.5) is 4.39 Å². The second-order valence-corrected chi connectivity index (χ2v) is 3.62. The zero-order valence-electron chi connectivity index (χ0n) is 8.84. The fraction of sp³-hybridized carbons (Fsp3) is 0.250. The number of halogens is 1. The molecule has 1 N–H and O–H groups in total. The van der Waals surface area contributed by atoms with E-state index in [0.29, 0.717) is 0 Å². The summed E-state index contributed by atoms with van der Waals surface area (Å²) in [6.07, 6.45) is 0. The maximum Gasteiger partial charge on any atom is 0.123 e. The van der Waals surface area contributed by atoms with E-state index in [-0.39, 0.29) is 5.82 Å². The van der Waals surface area contributed by atoms with Gasteiger partial charge in [0.05, 0.1) is 11.2 Å². The van der Waals surface area contributed by atoms with E-state index in [1.165, 1.54) is 12.1 Å². The summed E-state index contributed by atoms with van der Waals surface area (Å²) >= 11 is 0. The lowest BCUT2D eigenvalue weighted by molar-refractivity contribution is 0.629. The van der Waals surface area contributed by atoms with Crippen molar-refractivity contribution < 1.29 is 4.39 Å². The minimum atomic E-state index is -0.218. The first kappa shape index (κ1) is 10.1. The molecular formula is C12H13FN2. The minimum absolute atomic E-state index is 0.218. The van der Waals surface area contributed by atoms with Gasteiger partial charge >= 0.3 is 0 Å². The Morgan fingerprint density at radius 1 is 1.33 bits per heavy atom. The van der Waals surface area contributed by atoms with Gasteiger partial charge in [0.25, 0.3) is 0 Å². The Balaban J connectivity index is 2.60. The summed E-state index contributed by atoms with van der Waals surface area (Å²) in [5.74, 6) is -0.218. The third kappa shape index (κ3) is 1.97. The molecule has 0 aliphatic heterocycles. The van der Waals surface area contributed by atoms with Gasteiger partial charge < -0.3 is 5.32 Å². The average molecular weight is 204 g/mol. The number of nitrogens with one attached hydrogen (secondary N) is 1. The summed E-state index contributed by atoms with van der Waals surface area (Å²) in [7, 11) is 1.88. The minimum Gasteiger partial charge on any atom is -0.314 e. The van der Waals surface area contributed by atoms with Gasteiger partial charge in [-0.05, 0) is 43.8 Å². The third-order valence-electron chi connectivity index (χ3n) is 2.42. The molecule has 0 spiro atoms. The van der Waals surface area contributed by atoms with Gasteiger partial charge in [0, 0.05) is 11.9 Å². The van der Waals surface area contributed by atoms with Crippen molar-refractivity contribution in [2.24, 2.45) is 0 Å². The van der Waals surface area contributed by atoms with Crippen molar-refractivity contribution in [2.75, 3.05) is 7.05 Å². The smallest absolute Gasteiger partial charge is 0.123 e. The highest BCUT2D eigenvalue weighted by atomic mass is 19.1. The normalized spacial score (nSPS) is 10.9. The maximum atomic E-state index is 13.0. The highest BCUT2D eigenvalue weighted by Crippen LogP contribution is 2.17. The molecule has 1 aromatic heterocycles. The lowest BCUT2D eigenvalue weighted by atomic mass is 10.1. The first-order valence-electron chi connectivity index (χ1n) is 4.91. The summed E-state index contributed by atoms with van der Waals surface area (Å²) in [6.45, 7) is 2.73. The van der Waals surface area contributed by atoms with Crippen molar-refractivity contribution in [3.8, 4) is 0 Å². The van der Waals surface area contributed by atoms with Crippen LogP contribution in [0.2, 0.25) is 0 Å². The molecule has 0 amide bonds. The Kier molecular flexibility index (Phi) is 2.64. The van der Waals surface area contributed by atoms with Crippen LogP contribution in [0.5, 0.6) is 0 Å². The van der Waals surface area contributed by atoms with E-state index in [2.05, 4.69) is 10.3 Å². The Labute approximate surface area is 88.1 Å². The van der Waals surface area contributed by atoms with Gasteiger partial charge in [-0.25, -0.2) is 4.39 Å². The standard InChI is InChI=1S/C12H13FN2/c1-8-5-9-6-10(13)3-4-11(9)15-12(8)7-14-2/h3-6,14H,7H2,1-2H3. The summed E-state index contributed by atoms with van der Waals surface area (Å²) in [6, 6.07) is 6.63. The Morgan fingerprint density at radius 2 is 2.13 bits per heavy atom. The molecule has 0 unspecified atom stereocenters. The number of nitrogens with zero attached hydrogens (tertiary/aromatic N) is 1. The van der Waals surface area contributed by atoms with Crippen molar-refractivity contribution in [3.63, 3.8) is 0 Å². The van der Waals surface area contributed by atoms with Crippen molar-refractivity contribution in [1.82, 2.24) is 10.3 Å². The lowest BCUT2D eigenvalue weighted by Gasteiger charge is -2.06. The number of hydrogen-bond donors (Lipinski definition) is 1. The summed E-state index contributed by atoms with van der Waals surface area (Å²) < 4.78 is 13.0. The molecule has 3 heteroatoms. The number of fused-ring (bicyclic) bond motifs is 1. The number of rotatable bonds is 2. The maximum absolute atomic E-state index is 13.0. The number of aryl methyl sites for hydroxylation is 1. The van der Waals surface area contributed by atoms with Crippen molar-refractivity contribution in [3.05, 3.63) is 41.3 Å². The largest absolute Gasteiger partial charge is 0.314 e. The zero-order valence-corrected chi connectivity index (χ0v) is 8.84. The molecule has 0 aliphatic carbocycles. The van der Waals surface area contributed by atoms with Crippen LogP contribution in [0.15, 0.2) is 24.3 Å². The molecular weight excluding hydrogens is 191 g/mol. The van der Waals surface area contributed by atoms with E-state index in [9.17, 15) is 4.39 Å². The van der Waals surface area contributed by atoms with E-state index in [4.69, 9.17) is 0 Å². The predicted octanol–water partition coefficient (Wildman–Crippen LogP) is 2.40. The molecule has 78 valence electrons. The van der Waals surface area contributed by atoms with Crippen LogP contribution in [0.3, 0.4) is 0 Å². The van der Waals surface area contributed by atoms with Gasteiger partial charge in [0.1, 0.15) is 5.82 Å². The van der Waals surface area contributed by atoms with E-state index in [1.807, 2.05) is 20.0 Å². The van der Waals surface area contributed by atoms with Gasteiger partial charge in [0.15, 0.2) is 0 Å². The first-order chi connectivity index (χ1) is 7.20. The topological polar surface area (TPSA) is 24.9 Å². The third-order valence-corrected chi connectivity index (χ3v) is 2.42. The highest BCUT2D eigenvalue weighted by Gasteiger charge is 2.03. The van der Waals surface area contributed by atoms with Crippen LogP contribution in [0, 0.1) is 12.7 Å². The molecule has 0 saturated carbocycles. The molecule has 2 rings (SSSR count). The summed E-state index contributed by atoms with van der Waals surface area (Å²) in [4.78, 5) is 4.48. The molecule has 1 heterocycles. The Morgan fingerprint density at radius 3 is 2.87 bits per heavy atom. The van der Waals surface area contributed by atoms with Crippen LogP contribution in [0.25, 0.3) is 10.9 Å². The zero-order chi connectivity index (χ0) is 10.8. The van der Waals surface area contributed by atoms with E-state index in [1.54, 1.807) is 6.07 Å². The second-order valence-electron chi connectivity index (χ2n) is 3.62. The van der Waals surface area contributed by atoms with Crippen LogP contribution >= 0.6 is 0 Å². The average Bonchev–Trinajstić information content (AvgIpc) is 2.20. The van der Waals surface area contributed by atoms with Gasteiger partial charge in [-0.1, -0.05) is 0 Å². The van der Waals surface area contributed by atoms with Crippen molar-refractivity contribution in [2.45, 2.75) is 13.5 Å². The fourth-order valence-corrected chi connectivity index (χ4v) is 1.64. The summed E-state index contributed by atoms with van der Waals surface area (Å²) in [5, 5.41) is 3.92. The fourth-order valence-electron chi connectivity index (χ4n) is 1.64. The Bertz CT molecular complexity index is 494. The van der Waals surface area contributed by atoms with Crippen LogP contribution in [-0.2, 0) is 6.54 Å². The van der Waals surface area contributed by atoms with Gasteiger partial charge in [-0.3, -0.25) is 4.98 Å². The molecule has 0 bridgehead atoms. The monoisotopic (exact) mass is 204 g/mol. The first-order valence-corrected chi connectivity index (χ1v) is 4.91. The van der Waals surface area contributed by atoms with Gasteiger partial charge in [-0.2, -0.15) is 0 Å². The van der Waals surface area contributed by atoms with Crippen LogP contribution in [0.1, 0.15) is 11.3 Å². The highest BCUT2D eigenvalue weighted by molar-refractivity contribution is 5.79. The van der Waals surface area contributed by atoms with Crippen molar-refractivity contribution in [1.29, 1.82) is 0 Å². The molecule has 15 heavy (non-hydrogen) atoms. The van der Waals surface area contributed by atoms with E-state index < -0.39 is 0 Å². The molecule has 2 nitrogen and oxygen atoms in total. The quantitative estimate of drug-likeness (QED) is 0.812. The molecule has 0 aliphatic rings. The molecule has 2 aromatic rings. The number of benzene rings is 1. The van der Waals surface area contributed by atoms with Crippen LogP contribution < -0.4 is 5.32 Å². The number of pyridine rings is 1. The molecule has 1 aromatic carbocycles. The second kappa shape index (κ2) is 3.95. The SMILES string of the molecule is CNCc1nc2ccc(F)cc2cc1C. The van der Waals surface area contributed by atoms with Gasteiger partial charge in [-0.15, -0.1) is 0 Å². The number of hydrogen-bond acceptors (Lipinski definition) is 2. The molecule has 0 radical (unpaired) electrons. The predicted molar refractivity (Wildman–Crippen MR) is 59.2 cm³/mol. The van der Waals surface area contributed by atoms with Crippen LogP contribution in [-0.4, -0.2) is 12.0 Å². The van der Waals surface area contributed by atoms with E-state index >= 15 is 0 Å². The van der Waals surface area contributed by atoms with Gasteiger partial charge in [0.2, 0.25) is 0 Å². The number of aromatic nitrogens is 1. The lowest BCUT2D eigenvalue weighted by Crippen LogP contribution is -2.08. The molecule has 0 fully saturated rings.